The predicted molar refractivity (Wildman–Crippen MR) is 109 cm³/mol. The molecular formula is C20H26ClN4O2+. The molecule has 27 heavy (non-hydrogen) atoms. The highest BCUT2D eigenvalue weighted by Crippen LogP contribution is 2.19. The summed E-state index contributed by atoms with van der Waals surface area (Å²) in [5, 5.41) is 6.38. The molecule has 0 radical (unpaired) electrons. The van der Waals surface area contributed by atoms with E-state index in [2.05, 4.69) is 27.7 Å². The second kappa shape index (κ2) is 9.48. The summed E-state index contributed by atoms with van der Waals surface area (Å²) >= 11 is 5.84. The molecule has 0 aliphatic carbocycles. The first-order valence-corrected chi connectivity index (χ1v) is 9.55. The van der Waals surface area contributed by atoms with E-state index >= 15 is 0 Å². The second-order valence-corrected chi connectivity index (χ2v) is 7.01. The number of amides is 2. The van der Waals surface area contributed by atoms with E-state index in [0.29, 0.717) is 11.6 Å². The van der Waals surface area contributed by atoms with Crippen molar-refractivity contribution in [1.29, 1.82) is 0 Å². The quantitative estimate of drug-likeness (QED) is 0.707. The molecule has 1 aliphatic rings. The van der Waals surface area contributed by atoms with Gasteiger partial charge in [0, 0.05) is 16.4 Å². The Morgan fingerprint density at radius 3 is 2.41 bits per heavy atom. The Labute approximate surface area is 165 Å². The Morgan fingerprint density at radius 1 is 1.11 bits per heavy atom. The maximum atomic E-state index is 11.9. The zero-order chi connectivity index (χ0) is 19.1. The Hall–Kier alpha value is -2.44. The Morgan fingerprint density at radius 2 is 1.78 bits per heavy atom. The Kier molecular flexibility index (Phi) is 6.79. The average Bonchev–Trinajstić information content (AvgIpc) is 2.70. The summed E-state index contributed by atoms with van der Waals surface area (Å²) in [6.07, 6.45) is 0. The van der Waals surface area contributed by atoms with E-state index < -0.39 is 0 Å². The number of ether oxygens (including phenoxy) is 1. The van der Waals surface area contributed by atoms with Gasteiger partial charge in [-0.2, -0.15) is 0 Å². The first kappa shape index (κ1) is 19.3. The highest BCUT2D eigenvalue weighted by molar-refractivity contribution is 6.30. The lowest BCUT2D eigenvalue weighted by Gasteiger charge is -2.33. The van der Waals surface area contributed by atoms with Crippen molar-refractivity contribution in [3.63, 3.8) is 0 Å². The maximum Gasteiger partial charge on any atom is 0.319 e. The van der Waals surface area contributed by atoms with E-state index in [4.69, 9.17) is 16.3 Å². The van der Waals surface area contributed by atoms with Crippen molar-refractivity contribution >= 4 is 29.0 Å². The van der Waals surface area contributed by atoms with Gasteiger partial charge in [0.2, 0.25) is 0 Å². The van der Waals surface area contributed by atoms with Gasteiger partial charge in [-0.25, -0.2) is 4.79 Å². The van der Waals surface area contributed by atoms with Crippen LogP contribution in [0.5, 0.6) is 5.75 Å². The number of carbonyl (C=O) groups is 1. The largest absolute Gasteiger partial charge is 0.497 e. The van der Waals surface area contributed by atoms with Crippen molar-refractivity contribution < 1.29 is 14.4 Å². The molecule has 1 saturated heterocycles. The van der Waals surface area contributed by atoms with Crippen LogP contribution in [0.15, 0.2) is 48.5 Å². The topological polar surface area (TPSA) is 58.0 Å². The van der Waals surface area contributed by atoms with E-state index in [-0.39, 0.29) is 6.03 Å². The number of rotatable bonds is 6. The third-order valence-electron chi connectivity index (χ3n) is 4.77. The molecule has 6 nitrogen and oxygen atoms in total. The van der Waals surface area contributed by atoms with Gasteiger partial charge in [-0.05, 0) is 48.5 Å². The van der Waals surface area contributed by atoms with E-state index in [0.717, 1.165) is 44.2 Å². The predicted octanol–water partition coefficient (Wildman–Crippen LogP) is 1.88. The lowest BCUT2D eigenvalue weighted by Crippen LogP contribution is -3.15. The number of halogens is 1. The monoisotopic (exact) mass is 389 g/mol. The standard InChI is InChI=1S/C20H25ClN4O2/c1-27-19-8-6-18(7-9-19)25-14-12-24(13-15-25)11-10-22-20(26)23-17-4-2-16(21)3-5-17/h2-9H,10-15H2,1H3,(H2,22,23,26)/p+1. The normalized spacial score (nSPS) is 14.7. The van der Waals surface area contributed by atoms with Gasteiger partial charge >= 0.3 is 6.03 Å². The van der Waals surface area contributed by atoms with Crippen molar-refractivity contribution in [2.75, 3.05) is 56.6 Å². The number of quaternary nitrogens is 1. The van der Waals surface area contributed by atoms with Crippen LogP contribution >= 0.6 is 11.6 Å². The Bertz CT molecular complexity index is 729. The van der Waals surface area contributed by atoms with Crippen molar-refractivity contribution in [3.8, 4) is 5.75 Å². The van der Waals surface area contributed by atoms with Gasteiger partial charge in [-0.1, -0.05) is 11.6 Å². The Balaban J connectivity index is 1.35. The lowest BCUT2D eigenvalue weighted by molar-refractivity contribution is -0.899. The number of nitrogens with zero attached hydrogens (tertiary/aromatic N) is 1. The van der Waals surface area contributed by atoms with Crippen LogP contribution in [0.2, 0.25) is 5.02 Å². The van der Waals surface area contributed by atoms with Crippen molar-refractivity contribution in [2.24, 2.45) is 0 Å². The number of anilines is 2. The summed E-state index contributed by atoms with van der Waals surface area (Å²) in [6, 6.07) is 15.1. The summed E-state index contributed by atoms with van der Waals surface area (Å²) in [6.45, 7) is 5.72. The van der Waals surface area contributed by atoms with E-state index in [1.54, 1.807) is 31.4 Å². The molecule has 1 aliphatic heterocycles. The third kappa shape index (κ3) is 5.77. The molecule has 0 bridgehead atoms. The summed E-state index contributed by atoms with van der Waals surface area (Å²) < 4.78 is 5.21. The average molecular weight is 390 g/mol. The van der Waals surface area contributed by atoms with Crippen LogP contribution in [-0.4, -0.2) is 52.4 Å². The summed E-state index contributed by atoms with van der Waals surface area (Å²) in [4.78, 5) is 15.8. The molecule has 2 aromatic rings. The second-order valence-electron chi connectivity index (χ2n) is 6.57. The van der Waals surface area contributed by atoms with Gasteiger partial charge in [0.1, 0.15) is 5.75 Å². The van der Waals surface area contributed by atoms with Crippen molar-refractivity contribution in [1.82, 2.24) is 5.32 Å². The molecule has 2 aromatic carbocycles. The minimum Gasteiger partial charge on any atom is -0.497 e. The number of urea groups is 1. The number of hydrogen-bond acceptors (Lipinski definition) is 3. The molecule has 3 N–H and O–H groups in total. The highest BCUT2D eigenvalue weighted by Gasteiger charge is 2.20. The summed E-state index contributed by atoms with van der Waals surface area (Å²) in [5.74, 6) is 0.881. The molecule has 0 unspecified atom stereocenters. The van der Waals surface area contributed by atoms with Crippen LogP contribution in [0.1, 0.15) is 0 Å². The first-order chi connectivity index (χ1) is 13.1. The van der Waals surface area contributed by atoms with Crippen LogP contribution in [0, 0.1) is 0 Å². The number of benzene rings is 2. The third-order valence-corrected chi connectivity index (χ3v) is 5.03. The van der Waals surface area contributed by atoms with Crippen LogP contribution in [0.3, 0.4) is 0 Å². The number of nitrogens with one attached hydrogen (secondary N) is 3. The molecule has 1 heterocycles. The minimum atomic E-state index is -0.186. The van der Waals surface area contributed by atoms with E-state index in [1.165, 1.54) is 10.6 Å². The van der Waals surface area contributed by atoms with Gasteiger partial charge < -0.3 is 25.2 Å². The fourth-order valence-corrected chi connectivity index (χ4v) is 3.31. The molecule has 0 aromatic heterocycles. The lowest BCUT2D eigenvalue weighted by atomic mass is 10.2. The van der Waals surface area contributed by atoms with Gasteiger partial charge in [0.25, 0.3) is 0 Å². The van der Waals surface area contributed by atoms with Crippen molar-refractivity contribution in [3.05, 3.63) is 53.6 Å². The van der Waals surface area contributed by atoms with E-state index in [9.17, 15) is 4.79 Å². The number of methoxy groups -OCH3 is 1. The molecule has 2 amide bonds. The molecule has 1 fully saturated rings. The van der Waals surface area contributed by atoms with Gasteiger partial charge in [-0.15, -0.1) is 0 Å². The van der Waals surface area contributed by atoms with Gasteiger partial charge in [0.15, 0.2) is 0 Å². The fourth-order valence-electron chi connectivity index (χ4n) is 3.19. The summed E-state index contributed by atoms with van der Waals surface area (Å²) in [7, 11) is 1.68. The fraction of sp³-hybridized carbons (Fsp3) is 0.350. The zero-order valence-electron chi connectivity index (χ0n) is 15.5. The molecule has 0 atom stereocenters. The maximum absolute atomic E-state index is 11.9. The van der Waals surface area contributed by atoms with Crippen LogP contribution in [0.25, 0.3) is 0 Å². The van der Waals surface area contributed by atoms with Gasteiger partial charge in [0.05, 0.1) is 46.4 Å². The molecule has 144 valence electrons. The number of piperazine rings is 1. The van der Waals surface area contributed by atoms with Crippen molar-refractivity contribution in [2.45, 2.75) is 0 Å². The first-order valence-electron chi connectivity index (χ1n) is 9.17. The number of hydrogen-bond donors (Lipinski definition) is 3. The molecule has 3 rings (SSSR count). The van der Waals surface area contributed by atoms with Crippen LogP contribution < -0.4 is 25.2 Å². The van der Waals surface area contributed by atoms with Crippen LogP contribution in [-0.2, 0) is 0 Å². The van der Waals surface area contributed by atoms with Gasteiger partial charge in [-0.3, -0.25) is 0 Å². The zero-order valence-corrected chi connectivity index (χ0v) is 16.3. The molecule has 7 heteroatoms. The molecule has 0 saturated carbocycles. The van der Waals surface area contributed by atoms with Crippen LogP contribution in [0.4, 0.5) is 16.2 Å². The van der Waals surface area contributed by atoms with E-state index in [1.807, 2.05) is 12.1 Å². The molecule has 0 spiro atoms. The molecular weight excluding hydrogens is 364 g/mol. The smallest absolute Gasteiger partial charge is 0.319 e. The highest BCUT2D eigenvalue weighted by atomic mass is 35.5. The SMILES string of the molecule is COc1ccc(N2CC[NH+](CCNC(=O)Nc3ccc(Cl)cc3)CC2)cc1. The number of carbonyl (C=O) groups excluding carboxylic acids is 1. The summed E-state index contributed by atoms with van der Waals surface area (Å²) in [5.41, 5.74) is 1.97. The minimum absolute atomic E-state index is 0.186.